The summed E-state index contributed by atoms with van der Waals surface area (Å²) in [5.41, 5.74) is 6.84. The van der Waals surface area contributed by atoms with Gasteiger partial charge in [-0.2, -0.15) is 0 Å². The van der Waals surface area contributed by atoms with E-state index in [4.69, 9.17) is 16.7 Å². The smallest absolute Gasteiger partial charge is 0.322 e. The maximum atomic E-state index is 10.2. The molecule has 0 unspecified atom stereocenters. The highest BCUT2D eigenvalue weighted by molar-refractivity contribution is 5.77. The first kappa shape index (κ1) is 9.86. The maximum Gasteiger partial charge on any atom is 0.322 e. The molecule has 0 fully saturated rings. The fourth-order valence-corrected chi connectivity index (χ4v) is 0.565. The van der Waals surface area contributed by atoms with E-state index in [9.17, 15) is 9.59 Å². The minimum absolute atomic E-state index is 0.0150. The van der Waals surface area contributed by atoms with E-state index in [1.807, 2.05) is 5.43 Å². The fraction of sp³-hybridized carbons (Fsp3) is 0.600. The summed E-state index contributed by atoms with van der Waals surface area (Å²) in [7, 11) is 0. The number of nitrogens with one attached hydrogen (secondary N) is 1. The Balaban J connectivity index is 3.70. The standard InChI is InChI=1S/C5H11N3O3/c6-4(9)2-1-3(8-7)5(10)11/h3,8H,1-2,7H2,(H2,6,9)(H,10,11)/t3-/m0/s1. The second-order valence-electron chi connectivity index (χ2n) is 2.06. The molecule has 0 spiro atoms. The number of aliphatic carboxylic acids is 1. The second kappa shape index (κ2) is 4.64. The van der Waals surface area contributed by atoms with Crippen molar-refractivity contribution in [2.75, 3.05) is 0 Å². The summed E-state index contributed by atoms with van der Waals surface area (Å²) in [5.74, 6) is 3.25. The molecule has 0 aromatic heterocycles. The van der Waals surface area contributed by atoms with E-state index in [0.29, 0.717) is 0 Å². The molecule has 0 radical (unpaired) electrons. The monoisotopic (exact) mass is 161 g/mol. The first-order valence-corrected chi connectivity index (χ1v) is 3.05. The van der Waals surface area contributed by atoms with Gasteiger partial charge in [0.1, 0.15) is 6.04 Å². The summed E-state index contributed by atoms with van der Waals surface area (Å²) in [6.45, 7) is 0. The predicted molar refractivity (Wildman–Crippen MR) is 37.2 cm³/mol. The Kier molecular flexibility index (Phi) is 4.16. The van der Waals surface area contributed by atoms with Gasteiger partial charge >= 0.3 is 5.97 Å². The van der Waals surface area contributed by atoms with Crippen LogP contribution < -0.4 is 17.0 Å². The summed E-state index contributed by atoms with van der Waals surface area (Å²) < 4.78 is 0. The zero-order chi connectivity index (χ0) is 8.85. The predicted octanol–water partition coefficient (Wildman–Crippen LogP) is -1.83. The molecule has 0 heterocycles. The zero-order valence-corrected chi connectivity index (χ0v) is 5.91. The number of hydrogen-bond donors (Lipinski definition) is 4. The van der Waals surface area contributed by atoms with E-state index in [-0.39, 0.29) is 12.8 Å². The van der Waals surface area contributed by atoms with Gasteiger partial charge in [-0.3, -0.25) is 15.4 Å². The summed E-state index contributed by atoms with van der Waals surface area (Å²) in [4.78, 5) is 20.5. The minimum atomic E-state index is -1.09. The first-order valence-electron chi connectivity index (χ1n) is 3.05. The number of carboxylic acids is 1. The third kappa shape index (κ3) is 4.29. The lowest BCUT2D eigenvalue weighted by atomic mass is 10.1. The Labute approximate surface area is 63.5 Å². The van der Waals surface area contributed by atoms with Crippen molar-refractivity contribution in [2.45, 2.75) is 18.9 Å². The summed E-state index contributed by atoms with van der Waals surface area (Å²) >= 11 is 0. The van der Waals surface area contributed by atoms with E-state index in [2.05, 4.69) is 0 Å². The SMILES string of the molecule is NN[C@@H](CCC(N)=O)C(=O)O. The molecule has 0 saturated heterocycles. The molecule has 0 aromatic rings. The Morgan fingerprint density at radius 3 is 2.36 bits per heavy atom. The van der Waals surface area contributed by atoms with Gasteiger partial charge in [-0.15, -0.1) is 0 Å². The molecule has 0 aliphatic heterocycles. The van der Waals surface area contributed by atoms with Gasteiger partial charge in [-0.05, 0) is 6.42 Å². The van der Waals surface area contributed by atoms with E-state index in [1.54, 1.807) is 0 Å². The average Bonchev–Trinajstić information content (AvgIpc) is 1.87. The van der Waals surface area contributed by atoms with Gasteiger partial charge in [-0.1, -0.05) is 0 Å². The van der Waals surface area contributed by atoms with Crippen LogP contribution in [0.2, 0.25) is 0 Å². The Morgan fingerprint density at radius 2 is 2.09 bits per heavy atom. The molecule has 0 aliphatic carbocycles. The van der Waals surface area contributed by atoms with Gasteiger partial charge in [-0.25, -0.2) is 5.43 Å². The minimum Gasteiger partial charge on any atom is -0.480 e. The largest absolute Gasteiger partial charge is 0.480 e. The lowest BCUT2D eigenvalue weighted by Crippen LogP contribution is -2.41. The number of carbonyl (C=O) groups is 2. The van der Waals surface area contributed by atoms with Crippen LogP contribution in [0.15, 0.2) is 0 Å². The van der Waals surface area contributed by atoms with E-state index < -0.39 is 17.9 Å². The van der Waals surface area contributed by atoms with Crippen LogP contribution >= 0.6 is 0 Å². The molecule has 1 atom stereocenters. The van der Waals surface area contributed by atoms with E-state index in [1.165, 1.54) is 0 Å². The Hall–Kier alpha value is -1.14. The van der Waals surface area contributed by atoms with Gasteiger partial charge in [0.05, 0.1) is 0 Å². The molecular weight excluding hydrogens is 150 g/mol. The molecule has 6 N–H and O–H groups in total. The van der Waals surface area contributed by atoms with Crippen LogP contribution in [0.3, 0.4) is 0 Å². The lowest BCUT2D eigenvalue weighted by Gasteiger charge is -2.07. The van der Waals surface area contributed by atoms with Crippen LogP contribution in [0.1, 0.15) is 12.8 Å². The van der Waals surface area contributed by atoms with Gasteiger partial charge in [0.25, 0.3) is 0 Å². The Bertz CT molecular complexity index is 159. The van der Waals surface area contributed by atoms with Crippen molar-refractivity contribution in [3.63, 3.8) is 0 Å². The lowest BCUT2D eigenvalue weighted by molar-refractivity contribution is -0.139. The fourth-order valence-electron chi connectivity index (χ4n) is 0.565. The van der Waals surface area contributed by atoms with Crippen LogP contribution in [0.5, 0.6) is 0 Å². The van der Waals surface area contributed by atoms with Crippen molar-refractivity contribution in [3.8, 4) is 0 Å². The average molecular weight is 161 g/mol. The van der Waals surface area contributed by atoms with Crippen LogP contribution in [0.4, 0.5) is 0 Å². The molecule has 11 heavy (non-hydrogen) atoms. The number of carbonyl (C=O) groups excluding carboxylic acids is 1. The van der Waals surface area contributed by atoms with Gasteiger partial charge < -0.3 is 10.8 Å². The molecule has 6 heteroatoms. The molecule has 1 amide bonds. The Morgan fingerprint density at radius 1 is 1.55 bits per heavy atom. The molecular formula is C5H11N3O3. The molecule has 0 rings (SSSR count). The van der Waals surface area contributed by atoms with Crippen molar-refractivity contribution in [1.29, 1.82) is 0 Å². The van der Waals surface area contributed by atoms with Gasteiger partial charge in [0.15, 0.2) is 0 Å². The topological polar surface area (TPSA) is 118 Å². The summed E-state index contributed by atoms with van der Waals surface area (Å²) in [6.07, 6.45) is 0.127. The van der Waals surface area contributed by atoms with Crippen molar-refractivity contribution in [2.24, 2.45) is 11.6 Å². The zero-order valence-electron chi connectivity index (χ0n) is 5.91. The molecule has 0 aromatic carbocycles. The number of carboxylic acid groups (broad SMARTS) is 1. The molecule has 0 saturated carbocycles. The molecule has 0 bridgehead atoms. The number of hydrogen-bond acceptors (Lipinski definition) is 4. The van der Waals surface area contributed by atoms with E-state index >= 15 is 0 Å². The highest BCUT2D eigenvalue weighted by Crippen LogP contribution is 1.94. The van der Waals surface area contributed by atoms with Crippen LogP contribution in [-0.4, -0.2) is 23.0 Å². The van der Waals surface area contributed by atoms with Crippen molar-refractivity contribution in [3.05, 3.63) is 0 Å². The number of hydrazine groups is 1. The van der Waals surface area contributed by atoms with Gasteiger partial charge in [0.2, 0.25) is 5.91 Å². The number of amides is 1. The highest BCUT2D eigenvalue weighted by atomic mass is 16.4. The van der Waals surface area contributed by atoms with Crippen LogP contribution in [-0.2, 0) is 9.59 Å². The second-order valence-corrected chi connectivity index (χ2v) is 2.06. The van der Waals surface area contributed by atoms with Gasteiger partial charge in [0, 0.05) is 6.42 Å². The highest BCUT2D eigenvalue weighted by Gasteiger charge is 2.15. The molecule has 64 valence electrons. The first-order chi connectivity index (χ1) is 5.07. The normalized spacial score (nSPS) is 12.5. The van der Waals surface area contributed by atoms with Crippen molar-refractivity contribution >= 4 is 11.9 Å². The molecule has 0 aliphatic rings. The third-order valence-electron chi connectivity index (χ3n) is 1.18. The number of primary amides is 1. The third-order valence-corrected chi connectivity index (χ3v) is 1.18. The number of rotatable bonds is 5. The summed E-state index contributed by atoms with van der Waals surface area (Å²) in [5, 5.41) is 8.39. The van der Waals surface area contributed by atoms with Crippen LogP contribution in [0, 0.1) is 0 Å². The number of nitrogens with two attached hydrogens (primary N) is 2. The van der Waals surface area contributed by atoms with Crippen LogP contribution in [0.25, 0.3) is 0 Å². The molecule has 6 nitrogen and oxygen atoms in total. The van der Waals surface area contributed by atoms with Crippen molar-refractivity contribution in [1.82, 2.24) is 5.43 Å². The summed E-state index contributed by atoms with van der Waals surface area (Å²) in [6, 6.07) is -0.900. The van der Waals surface area contributed by atoms with Crippen molar-refractivity contribution < 1.29 is 14.7 Å². The quantitative estimate of drug-likeness (QED) is 0.279. The maximum absolute atomic E-state index is 10.2. The van der Waals surface area contributed by atoms with E-state index in [0.717, 1.165) is 0 Å².